The molecule has 0 saturated carbocycles. The van der Waals surface area contributed by atoms with Crippen LogP contribution < -0.4 is 10.1 Å². The fourth-order valence-corrected chi connectivity index (χ4v) is 3.39. The fourth-order valence-electron chi connectivity index (χ4n) is 3.39. The summed E-state index contributed by atoms with van der Waals surface area (Å²) in [6.45, 7) is 3.11. The molecule has 0 radical (unpaired) electrons. The van der Waals surface area contributed by atoms with Crippen LogP contribution in [0, 0.1) is 5.82 Å². The first-order chi connectivity index (χ1) is 13.2. The lowest BCUT2D eigenvalue weighted by atomic mass is 10.0. The van der Waals surface area contributed by atoms with Crippen LogP contribution in [0.2, 0.25) is 0 Å². The van der Waals surface area contributed by atoms with E-state index in [0.717, 1.165) is 36.5 Å². The van der Waals surface area contributed by atoms with Crippen molar-refractivity contribution in [3.05, 3.63) is 65.8 Å². The third-order valence-corrected chi connectivity index (χ3v) is 4.76. The van der Waals surface area contributed by atoms with Gasteiger partial charge in [0.15, 0.2) is 0 Å². The Morgan fingerprint density at radius 2 is 2.04 bits per heavy atom. The summed E-state index contributed by atoms with van der Waals surface area (Å²) in [6.07, 6.45) is 0. The van der Waals surface area contributed by atoms with E-state index in [1.54, 1.807) is 19.2 Å². The molecule has 140 valence electrons. The number of hydrogen-bond acceptors (Lipinski definition) is 6. The maximum Gasteiger partial charge on any atom is 0.241 e. The van der Waals surface area contributed by atoms with Crippen molar-refractivity contribution in [3.63, 3.8) is 0 Å². The molecule has 7 heteroatoms. The molecule has 6 nitrogen and oxygen atoms in total. The monoisotopic (exact) mass is 368 g/mol. The normalized spacial score (nSPS) is 17.8. The van der Waals surface area contributed by atoms with Gasteiger partial charge in [0.2, 0.25) is 11.7 Å². The van der Waals surface area contributed by atoms with Crippen LogP contribution in [-0.4, -0.2) is 41.8 Å². The lowest BCUT2D eigenvalue weighted by molar-refractivity contribution is 0.133. The summed E-state index contributed by atoms with van der Waals surface area (Å²) in [4.78, 5) is 6.78. The lowest BCUT2D eigenvalue weighted by Gasteiger charge is -2.36. The molecular weight excluding hydrogens is 347 g/mol. The van der Waals surface area contributed by atoms with Crippen molar-refractivity contribution < 1.29 is 13.7 Å². The van der Waals surface area contributed by atoms with E-state index in [4.69, 9.17) is 9.26 Å². The van der Waals surface area contributed by atoms with E-state index in [1.807, 2.05) is 18.2 Å². The Hall–Kier alpha value is -2.77. The highest BCUT2D eigenvalue weighted by Gasteiger charge is 2.27. The van der Waals surface area contributed by atoms with Crippen molar-refractivity contribution in [3.8, 4) is 17.1 Å². The zero-order valence-electron chi connectivity index (χ0n) is 15.1. The summed E-state index contributed by atoms with van der Waals surface area (Å²) in [5.74, 6) is 1.58. The van der Waals surface area contributed by atoms with E-state index < -0.39 is 0 Å². The van der Waals surface area contributed by atoms with Gasteiger partial charge in [-0.3, -0.25) is 4.90 Å². The van der Waals surface area contributed by atoms with Crippen molar-refractivity contribution in [2.24, 2.45) is 0 Å². The van der Waals surface area contributed by atoms with Crippen LogP contribution in [-0.2, 0) is 6.54 Å². The number of piperazine rings is 1. The van der Waals surface area contributed by atoms with Crippen LogP contribution in [0.25, 0.3) is 11.4 Å². The number of aromatic nitrogens is 2. The molecule has 0 amide bonds. The van der Waals surface area contributed by atoms with Gasteiger partial charge in [-0.2, -0.15) is 4.98 Å². The first kappa shape index (κ1) is 17.6. The lowest BCUT2D eigenvalue weighted by Crippen LogP contribution is -2.45. The number of nitrogens with one attached hydrogen (secondary N) is 1. The summed E-state index contributed by atoms with van der Waals surface area (Å²) >= 11 is 0. The van der Waals surface area contributed by atoms with E-state index in [-0.39, 0.29) is 11.9 Å². The summed E-state index contributed by atoms with van der Waals surface area (Å²) in [5, 5.41) is 7.47. The highest BCUT2D eigenvalue weighted by Crippen LogP contribution is 2.31. The van der Waals surface area contributed by atoms with Crippen LogP contribution in [0.3, 0.4) is 0 Å². The Labute approximate surface area is 157 Å². The molecule has 1 unspecified atom stereocenters. The second-order valence-electron chi connectivity index (χ2n) is 6.45. The van der Waals surface area contributed by atoms with Crippen LogP contribution in [0.15, 0.2) is 53.1 Å². The predicted octanol–water partition coefficient (Wildman–Crippen LogP) is 3.03. The second kappa shape index (κ2) is 7.85. The van der Waals surface area contributed by atoms with Crippen molar-refractivity contribution in [1.82, 2.24) is 20.4 Å². The maximum atomic E-state index is 13.1. The average molecular weight is 368 g/mol. The minimum atomic E-state index is -0.289. The van der Waals surface area contributed by atoms with Gasteiger partial charge < -0.3 is 14.6 Å². The number of halogens is 1. The van der Waals surface area contributed by atoms with Crippen molar-refractivity contribution in [1.29, 1.82) is 0 Å². The standard InChI is InChI=1S/C20H21FN4O2/c1-26-18-5-3-2-4-16(18)17-12-22-10-11-25(17)13-19-23-20(24-27-19)14-6-8-15(21)9-7-14/h2-9,17,22H,10-13H2,1H3. The largest absolute Gasteiger partial charge is 0.496 e. The van der Waals surface area contributed by atoms with Gasteiger partial charge in [0.25, 0.3) is 0 Å². The summed E-state index contributed by atoms with van der Waals surface area (Å²) in [7, 11) is 1.69. The highest BCUT2D eigenvalue weighted by molar-refractivity contribution is 5.53. The van der Waals surface area contributed by atoms with Gasteiger partial charge in [0.05, 0.1) is 19.7 Å². The molecule has 1 fully saturated rings. The topological polar surface area (TPSA) is 63.4 Å². The van der Waals surface area contributed by atoms with Crippen molar-refractivity contribution >= 4 is 0 Å². The van der Waals surface area contributed by atoms with Crippen molar-refractivity contribution in [2.75, 3.05) is 26.7 Å². The molecule has 1 saturated heterocycles. The van der Waals surface area contributed by atoms with E-state index in [1.165, 1.54) is 12.1 Å². The van der Waals surface area contributed by atoms with E-state index >= 15 is 0 Å². The maximum absolute atomic E-state index is 13.1. The van der Waals surface area contributed by atoms with E-state index in [0.29, 0.717) is 18.3 Å². The molecular formula is C20H21FN4O2. The smallest absolute Gasteiger partial charge is 0.241 e. The van der Waals surface area contributed by atoms with Crippen LogP contribution in [0.1, 0.15) is 17.5 Å². The Kier molecular flexibility index (Phi) is 5.13. The fraction of sp³-hybridized carbons (Fsp3) is 0.300. The molecule has 1 atom stereocenters. The first-order valence-corrected chi connectivity index (χ1v) is 8.91. The molecule has 27 heavy (non-hydrogen) atoms. The highest BCUT2D eigenvalue weighted by atomic mass is 19.1. The van der Waals surface area contributed by atoms with Gasteiger partial charge >= 0.3 is 0 Å². The van der Waals surface area contributed by atoms with Crippen LogP contribution in [0.4, 0.5) is 4.39 Å². The molecule has 4 rings (SSSR count). The number of benzene rings is 2. The zero-order valence-corrected chi connectivity index (χ0v) is 15.1. The molecule has 1 aliphatic heterocycles. The van der Waals surface area contributed by atoms with Gasteiger partial charge in [-0.15, -0.1) is 0 Å². The number of methoxy groups -OCH3 is 1. The molecule has 1 aromatic heterocycles. The number of hydrogen-bond donors (Lipinski definition) is 1. The molecule has 2 aromatic carbocycles. The summed E-state index contributed by atoms with van der Waals surface area (Å²) in [5.41, 5.74) is 1.86. The Morgan fingerprint density at radius 3 is 2.85 bits per heavy atom. The van der Waals surface area contributed by atoms with Crippen LogP contribution in [0.5, 0.6) is 5.75 Å². The molecule has 0 spiro atoms. The van der Waals surface area contributed by atoms with Gasteiger partial charge in [-0.1, -0.05) is 23.4 Å². The number of para-hydroxylation sites is 1. The predicted molar refractivity (Wildman–Crippen MR) is 98.7 cm³/mol. The Morgan fingerprint density at radius 1 is 1.22 bits per heavy atom. The number of rotatable bonds is 5. The zero-order chi connectivity index (χ0) is 18.6. The quantitative estimate of drug-likeness (QED) is 0.747. The first-order valence-electron chi connectivity index (χ1n) is 8.91. The van der Waals surface area contributed by atoms with Gasteiger partial charge in [0.1, 0.15) is 11.6 Å². The minimum absolute atomic E-state index is 0.149. The molecule has 1 N–H and O–H groups in total. The van der Waals surface area contributed by atoms with Crippen LogP contribution >= 0.6 is 0 Å². The third kappa shape index (κ3) is 3.84. The summed E-state index contributed by atoms with van der Waals surface area (Å²) in [6, 6.07) is 14.3. The Balaban J connectivity index is 1.54. The SMILES string of the molecule is COc1ccccc1C1CNCCN1Cc1nc(-c2ccc(F)cc2)no1. The Bertz CT molecular complexity index is 897. The molecule has 1 aliphatic rings. The molecule has 3 aromatic rings. The summed E-state index contributed by atoms with van der Waals surface area (Å²) < 4.78 is 24.1. The van der Waals surface area contributed by atoms with E-state index in [9.17, 15) is 4.39 Å². The average Bonchev–Trinajstić information content (AvgIpc) is 3.17. The number of ether oxygens (including phenoxy) is 1. The molecule has 2 heterocycles. The number of nitrogens with zero attached hydrogens (tertiary/aromatic N) is 3. The molecule has 0 bridgehead atoms. The minimum Gasteiger partial charge on any atom is -0.496 e. The molecule has 0 aliphatic carbocycles. The van der Waals surface area contributed by atoms with Crippen molar-refractivity contribution in [2.45, 2.75) is 12.6 Å². The van der Waals surface area contributed by atoms with E-state index in [2.05, 4.69) is 26.4 Å². The van der Waals surface area contributed by atoms with Gasteiger partial charge in [0, 0.05) is 30.8 Å². The van der Waals surface area contributed by atoms with Gasteiger partial charge in [-0.05, 0) is 30.3 Å². The van der Waals surface area contributed by atoms with Gasteiger partial charge in [-0.25, -0.2) is 4.39 Å². The second-order valence-corrected chi connectivity index (χ2v) is 6.45. The third-order valence-electron chi connectivity index (χ3n) is 4.76.